The number of nitrogens with one attached hydrogen (secondary N) is 1. The summed E-state index contributed by atoms with van der Waals surface area (Å²) < 4.78 is 5.67. The molecule has 5 heteroatoms. The van der Waals surface area contributed by atoms with Crippen molar-refractivity contribution >= 4 is 34.7 Å². The number of carbonyl (C=O) groups excluding carboxylic acids is 1. The summed E-state index contributed by atoms with van der Waals surface area (Å²) in [6.45, 7) is 8.61. The van der Waals surface area contributed by atoms with Gasteiger partial charge in [0, 0.05) is 46.1 Å². The fourth-order valence-corrected chi connectivity index (χ4v) is 5.14. The summed E-state index contributed by atoms with van der Waals surface area (Å²) in [5.41, 5.74) is 5.15. The lowest BCUT2D eigenvalue weighted by atomic mass is 9.71. The SMILES string of the molecule is CN=Cc1ccc2c3c([nH]c2c1)C(C)(C)c1cc(OC)c(SC(C)C)cc1C3=O. The lowest BCUT2D eigenvalue weighted by molar-refractivity contribution is 0.103. The first-order valence-electron chi connectivity index (χ1n) is 9.80. The number of carbonyl (C=O) groups is 1. The molecule has 0 aliphatic heterocycles. The van der Waals surface area contributed by atoms with Gasteiger partial charge >= 0.3 is 0 Å². The highest BCUT2D eigenvalue weighted by molar-refractivity contribution is 8.00. The Morgan fingerprint density at radius 1 is 1.21 bits per heavy atom. The molecule has 2 aromatic carbocycles. The molecule has 0 radical (unpaired) electrons. The molecule has 1 aliphatic rings. The number of hydrogen-bond donors (Lipinski definition) is 1. The van der Waals surface area contributed by atoms with Crippen LogP contribution in [0.5, 0.6) is 5.75 Å². The van der Waals surface area contributed by atoms with E-state index in [0.29, 0.717) is 5.25 Å². The van der Waals surface area contributed by atoms with Crippen LogP contribution in [0, 0.1) is 0 Å². The molecule has 1 aliphatic carbocycles. The van der Waals surface area contributed by atoms with Crippen LogP contribution in [-0.4, -0.2) is 36.4 Å². The second-order valence-electron chi connectivity index (χ2n) is 8.24. The lowest BCUT2D eigenvalue weighted by Crippen LogP contribution is -2.30. The monoisotopic (exact) mass is 406 g/mol. The van der Waals surface area contributed by atoms with Crippen LogP contribution in [0.2, 0.25) is 0 Å². The molecular formula is C24H26N2O2S. The van der Waals surface area contributed by atoms with Crippen LogP contribution in [0.3, 0.4) is 0 Å². The number of ketones is 1. The molecule has 3 aromatic rings. The number of ether oxygens (including phenoxy) is 1. The third kappa shape index (κ3) is 3.08. The van der Waals surface area contributed by atoms with Gasteiger partial charge in [-0.15, -0.1) is 11.8 Å². The van der Waals surface area contributed by atoms with Crippen LogP contribution in [0.25, 0.3) is 10.9 Å². The van der Waals surface area contributed by atoms with Crippen molar-refractivity contribution in [2.75, 3.05) is 14.2 Å². The standard InChI is InChI=1S/C24H26N2O2S/c1-13(2)29-20-10-16-17(11-19(20)28-6)24(3,4)23-21(22(16)27)15-8-7-14(12-25-5)9-18(15)26-23/h7-13,26H,1-6H3. The molecule has 1 aromatic heterocycles. The van der Waals surface area contributed by atoms with Gasteiger partial charge in [-0.2, -0.15) is 0 Å². The number of hydrogen-bond acceptors (Lipinski definition) is 4. The minimum Gasteiger partial charge on any atom is -0.496 e. The van der Waals surface area contributed by atoms with Crippen molar-refractivity contribution in [1.82, 2.24) is 4.98 Å². The topological polar surface area (TPSA) is 54.4 Å². The fraction of sp³-hybridized carbons (Fsp3) is 0.333. The van der Waals surface area contributed by atoms with Crippen molar-refractivity contribution in [1.29, 1.82) is 0 Å². The van der Waals surface area contributed by atoms with Gasteiger partial charge in [0.15, 0.2) is 5.78 Å². The molecule has 4 rings (SSSR count). The highest BCUT2D eigenvalue weighted by Gasteiger charge is 2.40. The quantitative estimate of drug-likeness (QED) is 0.453. The molecule has 0 unspecified atom stereocenters. The Hall–Kier alpha value is -2.53. The molecule has 0 spiro atoms. The summed E-state index contributed by atoms with van der Waals surface area (Å²) in [6.07, 6.45) is 1.82. The van der Waals surface area contributed by atoms with E-state index in [0.717, 1.165) is 49.5 Å². The van der Waals surface area contributed by atoms with E-state index in [9.17, 15) is 4.79 Å². The van der Waals surface area contributed by atoms with Crippen LogP contribution >= 0.6 is 11.8 Å². The predicted molar refractivity (Wildman–Crippen MR) is 121 cm³/mol. The van der Waals surface area contributed by atoms with Crippen molar-refractivity contribution in [2.45, 2.75) is 43.3 Å². The molecule has 1 heterocycles. The Morgan fingerprint density at radius 3 is 2.62 bits per heavy atom. The number of aromatic nitrogens is 1. The normalized spacial score (nSPS) is 15.2. The van der Waals surface area contributed by atoms with Gasteiger partial charge < -0.3 is 9.72 Å². The summed E-state index contributed by atoms with van der Waals surface area (Å²) >= 11 is 1.72. The lowest BCUT2D eigenvalue weighted by Gasteiger charge is -2.33. The van der Waals surface area contributed by atoms with Crippen LogP contribution in [0.4, 0.5) is 0 Å². The number of rotatable bonds is 4. The van der Waals surface area contributed by atoms with Crippen LogP contribution in [-0.2, 0) is 5.41 Å². The van der Waals surface area contributed by atoms with Gasteiger partial charge in [-0.05, 0) is 29.3 Å². The number of methoxy groups -OCH3 is 1. The van der Waals surface area contributed by atoms with E-state index in [1.165, 1.54) is 0 Å². The van der Waals surface area contributed by atoms with Gasteiger partial charge in [0.1, 0.15) is 5.75 Å². The van der Waals surface area contributed by atoms with E-state index >= 15 is 0 Å². The van der Waals surface area contributed by atoms with Crippen molar-refractivity contribution in [3.05, 3.63) is 58.3 Å². The van der Waals surface area contributed by atoms with Crippen LogP contribution in [0.1, 0.15) is 60.4 Å². The van der Waals surface area contributed by atoms with Crippen LogP contribution in [0.15, 0.2) is 40.2 Å². The Balaban J connectivity index is 1.97. The zero-order chi connectivity index (χ0) is 20.9. The number of nitrogens with zero attached hydrogens (tertiary/aromatic N) is 1. The maximum absolute atomic E-state index is 13.6. The Bertz CT molecular complexity index is 1160. The van der Waals surface area contributed by atoms with Crippen molar-refractivity contribution < 1.29 is 9.53 Å². The first kappa shape index (κ1) is 19.8. The third-order valence-electron chi connectivity index (χ3n) is 5.54. The zero-order valence-corrected chi connectivity index (χ0v) is 18.5. The van der Waals surface area contributed by atoms with E-state index in [4.69, 9.17) is 4.74 Å². The average Bonchev–Trinajstić information content (AvgIpc) is 3.06. The molecule has 150 valence electrons. The Morgan fingerprint density at radius 2 is 1.97 bits per heavy atom. The number of fused-ring (bicyclic) bond motifs is 4. The summed E-state index contributed by atoms with van der Waals surface area (Å²) in [5, 5.41) is 1.36. The van der Waals surface area contributed by atoms with E-state index in [-0.39, 0.29) is 11.2 Å². The van der Waals surface area contributed by atoms with Crippen molar-refractivity contribution in [2.24, 2.45) is 4.99 Å². The van der Waals surface area contributed by atoms with E-state index in [1.807, 2.05) is 30.5 Å². The highest BCUT2D eigenvalue weighted by Crippen LogP contribution is 2.47. The highest BCUT2D eigenvalue weighted by atomic mass is 32.2. The molecule has 0 atom stereocenters. The van der Waals surface area contributed by atoms with Crippen molar-refractivity contribution in [3.8, 4) is 5.75 Å². The maximum atomic E-state index is 13.6. The molecule has 29 heavy (non-hydrogen) atoms. The second-order valence-corrected chi connectivity index (χ2v) is 9.86. The van der Waals surface area contributed by atoms with Gasteiger partial charge in [-0.3, -0.25) is 9.79 Å². The molecule has 0 amide bonds. The zero-order valence-electron chi connectivity index (χ0n) is 17.7. The molecule has 0 saturated heterocycles. The Kier molecular flexibility index (Phi) is 4.82. The summed E-state index contributed by atoms with van der Waals surface area (Å²) in [4.78, 5) is 22.3. The largest absolute Gasteiger partial charge is 0.496 e. The maximum Gasteiger partial charge on any atom is 0.195 e. The summed E-state index contributed by atoms with van der Waals surface area (Å²) in [6, 6.07) is 10.1. The molecule has 4 nitrogen and oxygen atoms in total. The fourth-order valence-electron chi connectivity index (χ4n) is 4.19. The molecule has 0 fully saturated rings. The van der Waals surface area contributed by atoms with Gasteiger partial charge in [0.05, 0.1) is 17.6 Å². The number of benzene rings is 2. The number of H-pyrrole nitrogens is 1. The van der Waals surface area contributed by atoms with Gasteiger partial charge in [0.25, 0.3) is 0 Å². The molecule has 0 saturated carbocycles. The first-order chi connectivity index (χ1) is 13.8. The van der Waals surface area contributed by atoms with E-state index in [1.54, 1.807) is 25.9 Å². The number of thioether (sulfide) groups is 1. The summed E-state index contributed by atoms with van der Waals surface area (Å²) in [7, 11) is 3.45. The van der Waals surface area contributed by atoms with Crippen molar-refractivity contribution in [3.63, 3.8) is 0 Å². The average molecular weight is 407 g/mol. The van der Waals surface area contributed by atoms with Gasteiger partial charge in [0.2, 0.25) is 0 Å². The second kappa shape index (κ2) is 7.06. The van der Waals surface area contributed by atoms with E-state index in [2.05, 4.69) is 43.7 Å². The molecular weight excluding hydrogens is 380 g/mol. The third-order valence-corrected chi connectivity index (χ3v) is 6.58. The van der Waals surface area contributed by atoms with Crippen LogP contribution < -0.4 is 4.74 Å². The Labute approximate surface area is 175 Å². The van der Waals surface area contributed by atoms with E-state index < -0.39 is 0 Å². The first-order valence-corrected chi connectivity index (χ1v) is 10.7. The minimum atomic E-state index is -0.342. The predicted octanol–water partition coefficient (Wildman–Crippen LogP) is 5.60. The van der Waals surface area contributed by atoms with Gasteiger partial charge in [-0.1, -0.05) is 39.8 Å². The number of aromatic amines is 1. The molecule has 0 bridgehead atoms. The smallest absolute Gasteiger partial charge is 0.195 e. The summed E-state index contributed by atoms with van der Waals surface area (Å²) in [5.74, 6) is 0.898. The minimum absolute atomic E-state index is 0.0748. The molecule has 1 N–H and O–H groups in total. The van der Waals surface area contributed by atoms with Gasteiger partial charge in [-0.25, -0.2) is 0 Å². The number of aliphatic imine (C=N–C) groups is 1.